The Hall–Kier alpha value is -2.03. The minimum atomic E-state index is -1.93. The SMILES string of the molecule is CCCCCCCC(=O)O[C@@]12[C@H](OC(C)=O)[C@@H](C)[C@@]3(O)[C@@H](C=C(CO)C[C@]4(O)C(=O)C(C)=C[C@@H]34)[C@@H]1C2(C)C. The standard InChI is InChI=1S/C30H44O8/c1-7-8-9-10-11-12-23(33)38-30-24(27(30,5)6)21-14-20(16-31)15-28(35)22(13-17(2)25(28)34)29(21,36)18(3)26(30)37-19(4)32/h13-14,18,21-22,24,26,31,35-36H,7-12,15-16H2,1-6H3/t18-,21+,22-,24-,26-,28-,29-,30-/m1/s1. The van der Waals surface area contributed by atoms with Crippen molar-refractivity contribution in [2.45, 2.75) is 109 Å². The number of unbranched alkanes of at least 4 members (excludes halogenated alkanes) is 4. The van der Waals surface area contributed by atoms with Gasteiger partial charge in [-0.05, 0) is 24.5 Å². The number of ether oxygens (including phenoxy) is 2. The maximum Gasteiger partial charge on any atom is 0.306 e. The molecule has 38 heavy (non-hydrogen) atoms. The molecule has 212 valence electrons. The van der Waals surface area contributed by atoms with Crippen LogP contribution < -0.4 is 0 Å². The van der Waals surface area contributed by atoms with Gasteiger partial charge in [-0.2, -0.15) is 0 Å². The first-order valence-corrected chi connectivity index (χ1v) is 14.1. The van der Waals surface area contributed by atoms with Crippen molar-refractivity contribution < 1.29 is 39.2 Å². The van der Waals surface area contributed by atoms with Gasteiger partial charge in [-0.3, -0.25) is 14.4 Å². The number of ketones is 1. The Kier molecular flexibility index (Phi) is 7.52. The Balaban J connectivity index is 1.78. The van der Waals surface area contributed by atoms with E-state index < -0.39 is 63.7 Å². The number of carbonyl (C=O) groups excluding carboxylic acids is 3. The van der Waals surface area contributed by atoms with Gasteiger partial charge in [-0.1, -0.05) is 65.5 Å². The van der Waals surface area contributed by atoms with E-state index in [1.165, 1.54) is 6.92 Å². The van der Waals surface area contributed by atoms with Gasteiger partial charge < -0.3 is 24.8 Å². The van der Waals surface area contributed by atoms with E-state index in [4.69, 9.17) is 9.47 Å². The molecule has 4 aliphatic carbocycles. The lowest BCUT2D eigenvalue weighted by Gasteiger charge is -2.53. The molecule has 0 aromatic heterocycles. The van der Waals surface area contributed by atoms with Crippen LogP contribution in [0.2, 0.25) is 0 Å². The fraction of sp³-hybridized carbons (Fsp3) is 0.767. The van der Waals surface area contributed by atoms with Crippen LogP contribution in [0, 0.1) is 29.1 Å². The summed E-state index contributed by atoms with van der Waals surface area (Å²) in [5, 5.41) is 34.5. The molecule has 0 spiro atoms. The number of hydrogen-bond donors (Lipinski definition) is 3. The second-order valence-electron chi connectivity index (χ2n) is 12.6. The average molecular weight is 533 g/mol. The average Bonchev–Trinajstić information content (AvgIpc) is 3.27. The molecule has 0 saturated heterocycles. The third kappa shape index (κ3) is 4.01. The van der Waals surface area contributed by atoms with Crippen LogP contribution in [0.4, 0.5) is 0 Å². The molecule has 2 fully saturated rings. The first kappa shape index (κ1) is 29.0. The molecule has 8 nitrogen and oxygen atoms in total. The van der Waals surface area contributed by atoms with Crippen molar-refractivity contribution in [1.82, 2.24) is 0 Å². The highest BCUT2D eigenvalue weighted by Crippen LogP contribution is 2.77. The fourth-order valence-electron chi connectivity index (χ4n) is 8.11. The van der Waals surface area contributed by atoms with Gasteiger partial charge in [0.05, 0.1) is 12.2 Å². The largest absolute Gasteiger partial charge is 0.458 e. The zero-order valence-corrected chi connectivity index (χ0v) is 23.6. The molecule has 0 amide bonds. The number of aliphatic hydroxyl groups excluding tert-OH is 1. The molecule has 0 aromatic carbocycles. The summed E-state index contributed by atoms with van der Waals surface area (Å²) in [5.41, 5.74) is -4.70. The molecule has 0 aliphatic heterocycles. The summed E-state index contributed by atoms with van der Waals surface area (Å²) in [6.45, 7) is 10.3. The third-order valence-electron chi connectivity index (χ3n) is 10.0. The van der Waals surface area contributed by atoms with Crippen LogP contribution in [0.3, 0.4) is 0 Å². The van der Waals surface area contributed by atoms with Gasteiger partial charge >= 0.3 is 11.9 Å². The Bertz CT molecular complexity index is 1060. The van der Waals surface area contributed by atoms with E-state index in [0.717, 1.165) is 25.7 Å². The number of fused-ring (bicyclic) bond motifs is 5. The maximum absolute atomic E-state index is 13.2. The van der Waals surface area contributed by atoms with Gasteiger partial charge in [0, 0.05) is 48.9 Å². The van der Waals surface area contributed by atoms with Crippen molar-refractivity contribution in [2.24, 2.45) is 29.1 Å². The van der Waals surface area contributed by atoms with Gasteiger partial charge in [0.25, 0.3) is 0 Å². The van der Waals surface area contributed by atoms with Crippen LogP contribution in [-0.4, -0.2) is 62.6 Å². The second kappa shape index (κ2) is 9.86. The molecule has 0 aromatic rings. The zero-order valence-electron chi connectivity index (χ0n) is 23.6. The molecule has 0 heterocycles. The molecule has 8 atom stereocenters. The van der Waals surface area contributed by atoms with E-state index in [9.17, 15) is 29.7 Å². The minimum absolute atomic E-state index is 0.109. The van der Waals surface area contributed by atoms with Gasteiger partial charge in [0.2, 0.25) is 0 Å². The third-order valence-corrected chi connectivity index (χ3v) is 10.0. The maximum atomic E-state index is 13.2. The van der Waals surface area contributed by atoms with Crippen molar-refractivity contribution in [3.63, 3.8) is 0 Å². The Labute approximate surface area is 225 Å². The Morgan fingerprint density at radius 1 is 1.11 bits per heavy atom. The lowest BCUT2D eigenvalue weighted by Crippen LogP contribution is -2.66. The molecule has 0 radical (unpaired) electrons. The Morgan fingerprint density at radius 2 is 1.76 bits per heavy atom. The number of aliphatic hydroxyl groups is 3. The summed E-state index contributed by atoms with van der Waals surface area (Å²) in [4.78, 5) is 38.7. The van der Waals surface area contributed by atoms with Crippen LogP contribution in [0.1, 0.15) is 86.5 Å². The van der Waals surface area contributed by atoms with E-state index in [-0.39, 0.29) is 25.4 Å². The van der Waals surface area contributed by atoms with Crippen LogP contribution in [0.15, 0.2) is 23.3 Å². The summed E-state index contributed by atoms with van der Waals surface area (Å²) in [7, 11) is 0. The summed E-state index contributed by atoms with van der Waals surface area (Å²) < 4.78 is 12.1. The van der Waals surface area contributed by atoms with Crippen molar-refractivity contribution in [3.8, 4) is 0 Å². The van der Waals surface area contributed by atoms with E-state index in [1.54, 1.807) is 26.0 Å². The zero-order chi connectivity index (χ0) is 28.3. The lowest BCUT2D eigenvalue weighted by molar-refractivity contribution is -0.228. The topological polar surface area (TPSA) is 130 Å². The molecule has 2 saturated carbocycles. The van der Waals surface area contributed by atoms with Crippen molar-refractivity contribution in [2.75, 3.05) is 6.61 Å². The monoisotopic (exact) mass is 532 g/mol. The highest BCUT2D eigenvalue weighted by atomic mass is 16.6. The molecule has 0 unspecified atom stereocenters. The highest BCUT2D eigenvalue weighted by Gasteiger charge is 2.87. The van der Waals surface area contributed by atoms with Crippen molar-refractivity contribution >= 4 is 17.7 Å². The van der Waals surface area contributed by atoms with Crippen LogP contribution in [-0.2, 0) is 23.9 Å². The number of esters is 2. The predicted octanol–water partition coefficient (Wildman–Crippen LogP) is 3.41. The lowest BCUT2D eigenvalue weighted by atomic mass is 9.59. The molecule has 4 rings (SSSR count). The molecular formula is C30H44O8. The van der Waals surface area contributed by atoms with Crippen LogP contribution in [0.5, 0.6) is 0 Å². The van der Waals surface area contributed by atoms with Crippen molar-refractivity contribution in [1.29, 1.82) is 0 Å². The molecule has 4 aliphatic rings. The number of Topliss-reactive ketones (excluding diaryl/α,β-unsaturated/α-hetero) is 1. The quantitative estimate of drug-likeness (QED) is 0.234. The summed E-state index contributed by atoms with van der Waals surface area (Å²) in [6, 6.07) is 0. The second-order valence-corrected chi connectivity index (χ2v) is 12.6. The van der Waals surface area contributed by atoms with Crippen LogP contribution in [0.25, 0.3) is 0 Å². The van der Waals surface area contributed by atoms with E-state index in [1.807, 2.05) is 13.8 Å². The van der Waals surface area contributed by atoms with E-state index >= 15 is 0 Å². The number of hydrogen-bond acceptors (Lipinski definition) is 8. The molecule has 8 heteroatoms. The van der Waals surface area contributed by atoms with Crippen molar-refractivity contribution in [3.05, 3.63) is 23.3 Å². The highest BCUT2D eigenvalue weighted by molar-refractivity contribution is 6.04. The van der Waals surface area contributed by atoms with Gasteiger partial charge in [0.15, 0.2) is 11.4 Å². The summed E-state index contributed by atoms with van der Waals surface area (Å²) in [6.07, 6.45) is 7.45. The molecule has 3 N–H and O–H groups in total. The predicted molar refractivity (Wildman–Crippen MR) is 140 cm³/mol. The summed E-state index contributed by atoms with van der Waals surface area (Å²) >= 11 is 0. The van der Waals surface area contributed by atoms with Gasteiger partial charge in [-0.25, -0.2) is 0 Å². The molecule has 0 bridgehead atoms. The number of rotatable bonds is 9. The van der Waals surface area contributed by atoms with Gasteiger partial charge in [0.1, 0.15) is 11.7 Å². The minimum Gasteiger partial charge on any atom is -0.458 e. The first-order chi connectivity index (χ1) is 17.7. The Morgan fingerprint density at radius 3 is 2.37 bits per heavy atom. The normalized spacial score (nSPS) is 40.7. The van der Waals surface area contributed by atoms with E-state index in [0.29, 0.717) is 17.6 Å². The van der Waals surface area contributed by atoms with Crippen LogP contribution >= 0.6 is 0 Å². The van der Waals surface area contributed by atoms with Gasteiger partial charge in [-0.15, -0.1) is 0 Å². The first-order valence-electron chi connectivity index (χ1n) is 14.1. The summed E-state index contributed by atoms with van der Waals surface area (Å²) in [5.74, 6) is -4.31. The fourth-order valence-corrected chi connectivity index (χ4v) is 8.11. The number of carbonyl (C=O) groups is 3. The smallest absolute Gasteiger partial charge is 0.306 e. The van der Waals surface area contributed by atoms with E-state index in [2.05, 4.69) is 6.92 Å². The molecular weight excluding hydrogens is 488 g/mol.